The standard InChI is InChI=1S/C12H17F3N4O/c1-3-19(4-2)11(20)7-8-16-10-6-5-9(17-18-10)12(13,14)15/h5-6H,3-4,7-8H2,1-2H3,(H,16,18). The molecule has 20 heavy (non-hydrogen) atoms. The molecule has 0 spiro atoms. The van der Waals surface area contributed by atoms with Crippen LogP contribution in [0.4, 0.5) is 19.0 Å². The maximum Gasteiger partial charge on any atom is 0.435 e. The first kappa shape index (κ1) is 16.2. The molecule has 5 nitrogen and oxygen atoms in total. The van der Waals surface area contributed by atoms with Crippen LogP contribution >= 0.6 is 0 Å². The van der Waals surface area contributed by atoms with Crippen LogP contribution < -0.4 is 5.32 Å². The van der Waals surface area contributed by atoms with Crippen molar-refractivity contribution in [3.8, 4) is 0 Å². The molecule has 1 aromatic rings. The number of halogens is 3. The zero-order chi connectivity index (χ0) is 15.2. The zero-order valence-electron chi connectivity index (χ0n) is 11.4. The molecule has 0 bridgehead atoms. The quantitative estimate of drug-likeness (QED) is 0.872. The van der Waals surface area contributed by atoms with E-state index in [9.17, 15) is 18.0 Å². The smallest absolute Gasteiger partial charge is 0.368 e. The Balaban J connectivity index is 2.45. The third-order valence-electron chi connectivity index (χ3n) is 2.72. The van der Waals surface area contributed by atoms with Gasteiger partial charge in [0.05, 0.1) is 0 Å². The topological polar surface area (TPSA) is 58.1 Å². The number of nitrogens with one attached hydrogen (secondary N) is 1. The summed E-state index contributed by atoms with van der Waals surface area (Å²) in [6.45, 7) is 5.34. The normalized spacial score (nSPS) is 11.2. The number of alkyl halides is 3. The van der Waals surface area contributed by atoms with Crippen molar-refractivity contribution >= 4 is 11.7 Å². The highest BCUT2D eigenvalue weighted by Gasteiger charge is 2.32. The average Bonchev–Trinajstić information content (AvgIpc) is 2.39. The summed E-state index contributed by atoms with van der Waals surface area (Å²) >= 11 is 0. The van der Waals surface area contributed by atoms with Gasteiger partial charge < -0.3 is 10.2 Å². The minimum absolute atomic E-state index is 0.0117. The molecule has 1 heterocycles. The number of aromatic nitrogens is 2. The Labute approximate surface area is 115 Å². The first-order valence-corrected chi connectivity index (χ1v) is 6.31. The van der Waals surface area contributed by atoms with Gasteiger partial charge in [0, 0.05) is 26.1 Å². The lowest BCUT2D eigenvalue weighted by Gasteiger charge is -2.18. The van der Waals surface area contributed by atoms with Crippen LogP contribution in [0.3, 0.4) is 0 Å². The Morgan fingerprint density at radius 2 is 1.90 bits per heavy atom. The lowest BCUT2D eigenvalue weighted by Crippen LogP contribution is -2.31. The van der Waals surface area contributed by atoms with E-state index in [0.717, 1.165) is 6.07 Å². The van der Waals surface area contributed by atoms with Gasteiger partial charge in [-0.2, -0.15) is 13.2 Å². The van der Waals surface area contributed by atoms with E-state index in [4.69, 9.17) is 0 Å². The second-order valence-corrected chi connectivity index (χ2v) is 4.04. The molecule has 1 amide bonds. The van der Waals surface area contributed by atoms with E-state index in [2.05, 4.69) is 15.5 Å². The minimum atomic E-state index is -4.50. The van der Waals surface area contributed by atoms with Crippen LogP contribution in [0.5, 0.6) is 0 Å². The molecule has 1 aromatic heterocycles. The number of nitrogens with zero attached hydrogens (tertiary/aromatic N) is 3. The average molecular weight is 290 g/mol. The highest BCUT2D eigenvalue weighted by atomic mass is 19.4. The first-order chi connectivity index (χ1) is 9.38. The zero-order valence-corrected chi connectivity index (χ0v) is 11.4. The van der Waals surface area contributed by atoms with Gasteiger partial charge in [-0.1, -0.05) is 0 Å². The Kier molecular flexibility index (Phi) is 5.72. The van der Waals surface area contributed by atoms with Crippen LogP contribution in [-0.2, 0) is 11.0 Å². The van der Waals surface area contributed by atoms with Gasteiger partial charge >= 0.3 is 6.18 Å². The van der Waals surface area contributed by atoms with Crippen molar-refractivity contribution in [2.24, 2.45) is 0 Å². The van der Waals surface area contributed by atoms with Crippen LogP contribution in [0.2, 0.25) is 0 Å². The molecule has 1 rings (SSSR count). The van der Waals surface area contributed by atoms with Gasteiger partial charge in [-0.05, 0) is 26.0 Å². The van der Waals surface area contributed by atoms with Crippen LogP contribution in [0.25, 0.3) is 0 Å². The Morgan fingerprint density at radius 1 is 1.25 bits per heavy atom. The van der Waals surface area contributed by atoms with Crippen molar-refractivity contribution < 1.29 is 18.0 Å². The van der Waals surface area contributed by atoms with E-state index < -0.39 is 11.9 Å². The van der Waals surface area contributed by atoms with Crippen molar-refractivity contribution in [2.75, 3.05) is 25.0 Å². The lowest BCUT2D eigenvalue weighted by molar-refractivity contribution is -0.141. The molecule has 0 aliphatic carbocycles. The SMILES string of the molecule is CCN(CC)C(=O)CCNc1ccc(C(F)(F)F)nn1. The summed E-state index contributed by atoms with van der Waals surface area (Å²) in [5, 5.41) is 9.27. The summed E-state index contributed by atoms with van der Waals surface area (Å²) in [5.41, 5.74) is -1.04. The maximum absolute atomic E-state index is 12.3. The van der Waals surface area contributed by atoms with E-state index in [1.807, 2.05) is 13.8 Å². The minimum Gasteiger partial charge on any atom is -0.368 e. The number of anilines is 1. The Hall–Kier alpha value is -1.86. The van der Waals surface area contributed by atoms with Gasteiger partial charge in [0.1, 0.15) is 5.82 Å². The molecule has 0 atom stereocenters. The van der Waals surface area contributed by atoms with Crippen LogP contribution in [-0.4, -0.2) is 40.6 Å². The predicted molar refractivity (Wildman–Crippen MR) is 68.1 cm³/mol. The molecule has 8 heteroatoms. The third-order valence-corrected chi connectivity index (χ3v) is 2.72. The molecule has 0 unspecified atom stereocenters. The van der Waals surface area contributed by atoms with Crippen LogP contribution in [0.15, 0.2) is 12.1 Å². The molecule has 1 N–H and O–H groups in total. The second-order valence-electron chi connectivity index (χ2n) is 4.04. The van der Waals surface area contributed by atoms with Gasteiger partial charge in [-0.3, -0.25) is 4.79 Å². The molecule has 0 saturated carbocycles. The van der Waals surface area contributed by atoms with Gasteiger partial charge in [-0.25, -0.2) is 0 Å². The van der Waals surface area contributed by atoms with E-state index in [0.29, 0.717) is 19.6 Å². The Bertz CT molecular complexity index is 429. The lowest BCUT2D eigenvalue weighted by atomic mass is 10.3. The number of carbonyl (C=O) groups is 1. The highest BCUT2D eigenvalue weighted by Crippen LogP contribution is 2.26. The van der Waals surface area contributed by atoms with Crippen molar-refractivity contribution in [2.45, 2.75) is 26.4 Å². The van der Waals surface area contributed by atoms with Crippen molar-refractivity contribution in [1.82, 2.24) is 15.1 Å². The summed E-state index contributed by atoms with van der Waals surface area (Å²) in [5.74, 6) is 0.202. The molecule has 0 fully saturated rings. The fourth-order valence-corrected chi connectivity index (χ4v) is 1.61. The maximum atomic E-state index is 12.3. The number of amides is 1. The van der Waals surface area contributed by atoms with Crippen molar-refractivity contribution in [1.29, 1.82) is 0 Å². The number of hydrogen-bond acceptors (Lipinski definition) is 4. The second kappa shape index (κ2) is 7.06. The Morgan fingerprint density at radius 3 is 2.35 bits per heavy atom. The fraction of sp³-hybridized carbons (Fsp3) is 0.583. The summed E-state index contributed by atoms with van der Waals surface area (Å²) in [6, 6.07) is 2.04. The van der Waals surface area contributed by atoms with Gasteiger partial charge in [-0.15, -0.1) is 10.2 Å². The molecule has 0 saturated heterocycles. The summed E-state index contributed by atoms with van der Waals surface area (Å²) in [7, 11) is 0. The van der Waals surface area contributed by atoms with Crippen LogP contribution in [0, 0.1) is 0 Å². The largest absolute Gasteiger partial charge is 0.435 e. The number of hydrogen-bond donors (Lipinski definition) is 1. The molecule has 0 aliphatic heterocycles. The monoisotopic (exact) mass is 290 g/mol. The first-order valence-electron chi connectivity index (χ1n) is 6.31. The molecular weight excluding hydrogens is 273 g/mol. The fourth-order valence-electron chi connectivity index (χ4n) is 1.61. The summed E-state index contributed by atoms with van der Waals surface area (Å²) < 4.78 is 36.8. The van der Waals surface area contributed by atoms with Gasteiger partial charge in [0.25, 0.3) is 0 Å². The molecule has 0 aromatic carbocycles. The number of carbonyl (C=O) groups excluding carboxylic acids is 1. The molecule has 112 valence electrons. The van der Waals surface area contributed by atoms with E-state index in [1.165, 1.54) is 6.07 Å². The van der Waals surface area contributed by atoms with E-state index in [-0.39, 0.29) is 18.1 Å². The van der Waals surface area contributed by atoms with E-state index >= 15 is 0 Å². The number of rotatable bonds is 6. The van der Waals surface area contributed by atoms with Crippen molar-refractivity contribution in [3.05, 3.63) is 17.8 Å². The highest BCUT2D eigenvalue weighted by molar-refractivity contribution is 5.76. The van der Waals surface area contributed by atoms with E-state index in [1.54, 1.807) is 4.90 Å². The van der Waals surface area contributed by atoms with Crippen molar-refractivity contribution in [3.63, 3.8) is 0 Å². The van der Waals surface area contributed by atoms with Gasteiger partial charge in [0.15, 0.2) is 5.69 Å². The molecular formula is C12H17F3N4O. The van der Waals surface area contributed by atoms with Gasteiger partial charge in [0.2, 0.25) is 5.91 Å². The summed E-state index contributed by atoms with van der Waals surface area (Å²) in [4.78, 5) is 13.4. The molecule has 0 aliphatic rings. The molecule has 0 radical (unpaired) electrons. The predicted octanol–water partition coefficient (Wildman–Crippen LogP) is 2.17. The third kappa shape index (κ3) is 4.67. The summed E-state index contributed by atoms with van der Waals surface area (Å²) in [6.07, 6.45) is -4.24. The van der Waals surface area contributed by atoms with Crippen LogP contribution in [0.1, 0.15) is 26.0 Å².